The summed E-state index contributed by atoms with van der Waals surface area (Å²) in [5, 5.41) is 5.45. The number of para-hydroxylation sites is 2. The molecule has 0 aliphatic carbocycles. The van der Waals surface area contributed by atoms with Crippen LogP contribution in [0.1, 0.15) is 41.2 Å². The fourth-order valence-electron chi connectivity index (χ4n) is 2.60. The van der Waals surface area contributed by atoms with Crippen molar-refractivity contribution < 1.29 is 4.79 Å². The molecule has 6 nitrogen and oxygen atoms in total. The van der Waals surface area contributed by atoms with Gasteiger partial charge in [-0.15, -0.1) is 11.3 Å². The Bertz CT molecular complexity index is 838. The monoisotopic (exact) mass is 329 g/mol. The molecular weight excluding hydrogens is 310 g/mol. The highest BCUT2D eigenvalue weighted by molar-refractivity contribution is 7.09. The number of aromatic nitrogens is 3. The molecular formula is C16H19N5OS. The van der Waals surface area contributed by atoms with Crippen LogP contribution in [0, 0.1) is 0 Å². The van der Waals surface area contributed by atoms with Gasteiger partial charge in [-0.05, 0) is 26.0 Å². The highest BCUT2D eigenvalue weighted by Gasteiger charge is 2.19. The zero-order valence-electron chi connectivity index (χ0n) is 13.1. The topological polar surface area (TPSA) is 85.8 Å². The standard InChI is InChI=1S/C16H19N5OS/c1-3-21-13-7-5-4-6-11(13)20-15(21)10(2)18-16(22)12-9-23-14(8-17)19-12/h4-7,9-10H,3,8,17H2,1-2H3,(H,18,22). The van der Waals surface area contributed by atoms with Crippen LogP contribution in [0.4, 0.5) is 0 Å². The van der Waals surface area contributed by atoms with E-state index >= 15 is 0 Å². The van der Waals surface area contributed by atoms with Gasteiger partial charge < -0.3 is 15.6 Å². The van der Waals surface area contributed by atoms with E-state index in [9.17, 15) is 4.79 Å². The molecule has 23 heavy (non-hydrogen) atoms. The molecule has 3 N–H and O–H groups in total. The van der Waals surface area contributed by atoms with Crippen molar-refractivity contribution in [2.24, 2.45) is 5.73 Å². The number of aryl methyl sites for hydroxylation is 1. The van der Waals surface area contributed by atoms with Gasteiger partial charge in [0.2, 0.25) is 0 Å². The van der Waals surface area contributed by atoms with E-state index in [-0.39, 0.29) is 11.9 Å². The van der Waals surface area contributed by atoms with Crippen molar-refractivity contribution >= 4 is 28.3 Å². The average Bonchev–Trinajstić information content (AvgIpc) is 3.18. The molecule has 1 atom stereocenters. The summed E-state index contributed by atoms with van der Waals surface area (Å²) in [4.78, 5) is 21.2. The number of hydrogen-bond donors (Lipinski definition) is 2. The Labute approximate surface area is 138 Å². The zero-order chi connectivity index (χ0) is 16.4. The zero-order valence-corrected chi connectivity index (χ0v) is 13.9. The minimum absolute atomic E-state index is 0.205. The smallest absolute Gasteiger partial charge is 0.271 e. The van der Waals surface area contributed by atoms with E-state index in [2.05, 4.69) is 26.8 Å². The lowest BCUT2D eigenvalue weighted by Crippen LogP contribution is -2.29. The number of nitrogens with two attached hydrogens (primary N) is 1. The van der Waals surface area contributed by atoms with E-state index in [4.69, 9.17) is 5.73 Å². The molecule has 0 fully saturated rings. The molecule has 0 spiro atoms. The number of thiazole rings is 1. The molecule has 0 bridgehead atoms. The Hall–Kier alpha value is -2.25. The van der Waals surface area contributed by atoms with E-state index in [0.717, 1.165) is 28.4 Å². The maximum atomic E-state index is 12.3. The molecule has 0 aliphatic rings. The maximum Gasteiger partial charge on any atom is 0.271 e. The van der Waals surface area contributed by atoms with E-state index in [1.807, 2.05) is 31.2 Å². The number of nitrogens with one attached hydrogen (secondary N) is 1. The number of imidazole rings is 1. The number of rotatable bonds is 5. The lowest BCUT2D eigenvalue weighted by atomic mass is 10.3. The summed E-state index contributed by atoms with van der Waals surface area (Å²) in [6.45, 7) is 5.14. The van der Waals surface area contributed by atoms with E-state index < -0.39 is 0 Å². The van der Waals surface area contributed by atoms with Gasteiger partial charge in [0.15, 0.2) is 0 Å². The van der Waals surface area contributed by atoms with E-state index in [0.29, 0.717) is 12.2 Å². The SMILES string of the molecule is CCn1c(C(C)NC(=O)c2csc(CN)n2)nc2ccccc21. The second kappa shape index (κ2) is 6.47. The number of hydrogen-bond acceptors (Lipinski definition) is 5. The summed E-state index contributed by atoms with van der Waals surface area (Å²) in [6, 6.07) is 7.77. The Morgan fingerprint density at radius 1 is 1.39 bits per heavy atom. The third-order valence-corrected chi connectivity index (χ3v) is 4.57. The Kier molecular flexibility index (Phi) is 4.40. The summed E-state index contributed by atoms with van der Waals surface area (Å²) in [7, 11) is 0. The van der Waals surface area contributed by atoms with Crippen molar-refractivity contribution in [2.45, 2.75) is 33.0 Å². The normalized spacial score (nSPS) is 12.5. The van der Waals surface area contributed by atoms with Crippen LogP contribution >= 0.6 is 11.3 Å². The Balaban J connectivity index is 1.85. The number of benzene rings is 1. The predicted molar refractivity (Wildman–Crippen MR) is 91.3 cm³/mol. The van der Waals surface area contributed by atoms with Crippen LogP contribution in [-0.4, -0.2) is 20.4 Å². The first-order valence-corrected chi connectivity index (χ1v) is 8.42. The minimum atomic E-state index is -0.210. The van der Waals surface area contributed by atoms with Gasteiger partial charge in [0.05, 0.1) is 17.1 Å². The first-order valence-electron chi connectivity index (χ1n) is 7.54. The van der Waals surface area contributed by atoms with Gasteiger partial charge in [0.1, 0.15) is 16.5 Å². The second-order valence-electron chi connectivity index (χ2n) is 5.23. The van der Waals surface area contributed by atoms with Gasteiger partial charge in [0.25, 0.3) is 5.91 Å². The average molecular weight is 329 g/mol. The molecule has 1 amide bonds. The van der Waals surface area contributed by atoms with Crippen molar-refractivity contribution in [2.75, 3.05) is 0 Å². The summed E-state index contributed by atoms with van der Waals surface area (Å²) in [5.74, 6) is 0.638. The van der Waals surface area contributed by atoms with Crippen LogP contribution in [-0.2, 0) is 13.1 Å². The lowest BCUT2D eigenvalue weighted by Gasteiger charge is -2.14. The maximum absolute atomic E-state index is 12.3. The van der Waals surface area contributed by atoms with Gasteiger partial charge >= 0.3 is 0 Å². The number of amides is 1. The summed E-state index contributed by atoms with van der Waals surface area (Å²) in [5.41, 5.74) is 7.95. The first kappa shape index (κ1) is 15.6. The van der Waals surface area contributed by atoms with Crippen molar-refractivity contribution in [3.63, 3.8) is 0 Å². The van der Waals surface area contributed by atoms with Crippen molar-refractivity contribution in [3.8, 4) is 0 Å². The number of carbonyl (C=O) groups is 1. The van der Waals surface area contributed by atoms with Crippen LogP contribution in [0.2, 0.25) is 0 Å². The third-order valence-electron chi connectivity index (χ3n) is 3.69. The van der Waals surface area contributed by atoms with Crippen LogP contribution in [0.25, 0.3) is 11.0 Å². The van der Waals surface area contributed by atoms with Crippen LogP contribution in [0.3, 0.4) is 0 Å². The van der Waals surface area contributed by atoms with Crippen molar-refractivity contribution in [1.82, 2.24) is 19.9 Å². The second-order valence-corrected chi connectivity index (χ2v) is 6.17. The third kappa shape index (κ3) is 2.97. The molecule has 1 unspecified atom stereocenters. The molecule has 1 aromatic carbocycles. The molecule has 7 heteroatoms. The van der Waals surface area contributed by atoms with Crippen LogP contribution < -0.4 is 11.1 Å². The van der Waals surface area contributed by atoms with Gasteiger partial charge in [0, 0.05) is 18.5 Å². The van der Waals surface area contributed by atoms with Gasteiger partial charge in [-0.3, -0.25) is 4.79 Å². The van der Waals surface area contributed by atoms with Crippen LogP contribution in [0.15, 0.2) is 29.6 Å². The predicted octanol–water partition coefficient (Wildman–Crippen LogP) is 2.46. The van der Waals surface area contributed by atoms with Gasteiger partial charge in [-0.1, -0.05) is 12.1 Å². The highest BCUT2D eigenvalue weighted by Crippen LogP contribution is 2.21. The molecule has 0 aliphatic heterocycles. The van der Waals surface area contributed by atoms with Crippen molar-refractivity contribution in [3.05, 3.63) is 46.2 Å². The highest BCUT2D eigenvalue weighted by atomic mass is 32.1. The summed E-state index contributed by atoms with van der Waals surface area (Å²) >= 11 is 1.39. The fourth-order valence-corrected chi connectivity index (χ4v) is 3.26. The molecule has 0 saturated heterocycles. The van der Waals surface area contributed by atoms with E-state index in [1.54, 1.807) is 5.38 Å². The molecule has 3 aromatic rings. The molecule has 3 rings (SSSR count). The number of nitrogens with zero attached hydrogens (tertiary/aromatic N) is 3. The van der Waals surface area contributed by atoms with Gasteiger partial charge in [-0.25, -0.2) is 9.97 Å². The molecule has 0 saturated carbocycles. The minimum Gasteiger partial charge on any atom is -0.341 e. The Morgan fingerprint density at radius 3 is 2.87 bits per heavy atom. The molecule has 2 aromatic heterocycles. The lowest BCUT2D eigenvalue weighted by molar-refractivity contribution is 0.0933. The molecule has 2 heterocycles. The fraction of sp³-hybridized carbons (Fsp3) is 0.312. The quantitative estimate of drug-likeness (QED) is 0.753. The number of fused-ring (bicyclic) bond motifs is 1. The van der Waals surface area contributed by atoms with E-state index in [1.165, 1.54) is 11.3 Å². The largest absolute Gasteiger partial charge is 0.341 e. The van der Waals surface area contributed by atoms with Crippen LogP contribution in [0.5, 0.6) is 0 Å². The summed E-state index contributed by atoms with van der Waals surface area (Å²) in [6.07, 6.45) is 0. The van der Waals surface area contributed by atoms with Gasteiger partial charge in [-0.2, -0.15) is 0 Å². The Morgan fingerprint density at radius 2 is 2.17 bits per heavy atom. The first-order chi connectivity index (χ1) is 11.1. The van der Waals surface area contributed by atoms with Crippen molar-refractivity contribution in [1.29, 1.82) is 0 Å². The summed E-state index contributed by atoms with van der Waals surface area (Å²) < 4.78 is 2.12. The molecule has 120 valence electrons. The molecule has 0 radical (unpaired) electrons. The number of carbonyl (C=O) groups excluding carboxylic acids is 1.